The minimum absolute atomic E-state index is 0.243. The molecule has 1 atom stereocenters. The third-order valence-corrected chi connectivity index (χ3v) is 4.99. The molecule has 3 heteroatoms. The number of aromatic amines is 1. The summed E-state index contributed by atoms with van der Waals surface area (Å²) >= 11 is 0. The molecule has 1 aliphatic heterocycles. The number of fused-ring (bicyclic) bond motifs is 2. The minimum Gasteiger partial charge on any atom is -0.361 e. The maximum Gasteiger partial charge on any atom is 0.227 e. The summed E-state index contributed by atoms with van der Waals surface area (Å²) in [5, 5.41) is 1.27. The van der Waals surface area contributed by atoms with Gasteiger partial charge in [0.1, 0.15) is 0 Å². The first kappa shape index (κ1) is 15.0. The smallest absolute Gasteiger partial charge is 0.227 e. The standard InChI is InChI=1S/C21H22N2O/c1-15-13-16-7-2-5-11-20(16)23(15)21(24)12-6-8-17-14-22-19-10-4-3-9-18(17)19/h2-5,7,9-11,14-15,22H,6,8,12-13H2,1H3. The van der Waals surface area contributed by atoms with Crippen molar-refractivity contribution in [2.45, 2.75) is 38.6 Å². The summed E-state index contributed by atoms with van der Waals surface area (Å²) in [6, 6.07) is 16.9. The molecule has 2 aromatic carbocycles. The zero-order chi connectivity index (χ0) is 16.5. The second-order valence-corrected chi connectivity index (χ2v) is 6.66. The first-order valence-corrected chi connectivity index (χ1v) is 8.69. The molecule has 3 nitrogen and oxygen atoms in total. The van der Waals surface area contributed by atoms with Crippen molar-refractivity contribution < 1.29 is 4.79 Å². The van der Waals surface area contributed by atoms with Crippen LogP contribution < -0.4 is 4.90 Å². The van der Waals surface area contributed by atoms with Crippen LogP contribution in [0.1, 0.15) is 30.9 Å². The van der Waals surface area contributed by atoms with Crippen molar-refractivity contribution in [1.29, 1.82) is 0 Å². The van der Waals surface area contributed by atoms with Crippen LogP contribution in [-0.4, -0.2) is 16.9 Å². The van der Waals surface area contributed by atoms with E-state index in [0.717, 1.165) is 24.9 Å². The Balaban J connectivity index is 1.42. The number of aromatic nitrogens is 1. The van der Waals surface area contributed by atoms with Crippen molar-refractivity contribution in [2.24, 2.45) is 0 Å². The number of carbonyl (C=O) groups excluding carboxylic acids is 1. The number of anilines is 1. The van der Waals surface area contributed by atoms with Crippen LogP contribution in [-0.2, 0) is 17.6 Å². The summed E-state index contributed by atoms with van der Waals surface area (Å²) in [5.74, 6) is 0.243. The van der Waals surface area contributed by atoms with Crippen molar-refractivity contribution in [3.63, 3.8) is 0 Å². The van der Waals surface area contributed by atoms with Crippen molar-refractivity contribution in [3.8, 4) is 0 Å². The van der Waals surface area contributed by atoms with Gasteiger partial charge in [-0.05, 0) is 49.4 Å². The molecule has 1 aliphatic rings. The summed E-state index contributed by atoms with van der Waals surface area (Å²) in [6.07, 6.45) is 5.44. The third-order valence-electron chi connectivity index (χ3n) is 4.99. The predicted octanol–water partition coefficient (Wildman–Crippen LogP) is 4.47. The summed E-state index contributed by atoms with van der Waals surface area (Å²) in [4.78, 5) is 18.0. The monoisotopic (exact) mass is 318 g/mol. The number of rotatable bonds is 4. The molecule has 122 valence electrons. The van der Waals surface area contributed by atoms with Crippen molar-refractivity contribution >= 4 is 22.5 Å². The average Bonchev–Trinajstić information content (AvgIpc) is 3.15. The van der Waals surface area contributed by atoms with E-state index in [0.29, 0.717) is 6.42 Å². The summed E-state index contributed by atoms with van der Waals surface area (Å²) in [5.41, 5.74) is 4.85. The fourth-order valence-electron chi connectivity index (χ4n) is 3.83. The van der Waals surface area contributed by atoms with E-state index in [1.807, 2.05) is 17.0 Å². The highest BCUT2D eigenvalue weighted by Crippen LogP contribution is 2.32. The van der Waals surface area contributed by atoms with Crippen LogP contribution in [0.3, 0.4) is 0 Å². The molecule has 24 heavy (non-hydrogen) atoms. The topological polar surface area (TPSA) is 36.1 Å². The largest absolute Gasteiger partial charge is 0.361 e. The number of benzene rings is 2. The maximum atomic E-state index is 12.7. The Bertz CT molecular complexity index is 880. The Kier molecular flexibility index (Phi) is 3.85. The minimum atomic E-state index is 0.243. The van der Waals surface area contributed by atoms with Crippen LogP contribution >= 0.6 is 0 Å². The molecular weight excluding hydrogens is 296 g/mol. The van der Waals surface area contributed by atoms with Gasteiger partial charge in [0.05, 0.1) is 0 Å². The van der Waals surface area contributed by atoms with E-state index in [2.05, 4.69) is 54.5 Å². The quantitative estimate of drug-likeness (QED) is 0.757. The van der Waals surface area contributed by atoms with E-state index in [9.17, 15) is 4.79 Å². The van der Waals surface area contributed by atoms with Gasteiger partial charge in [-0.15, -0.1) is 0 Å². The Hall–Kier alpha value is -2.55. The lowest BCUT2D eigenvalue weighted by Gasteiger charge is -2.22. The Morgan fingerprint density at radius 1 is 1.17 bits per heavy atom. The summed E-state index contributed by atoms with van der Waals surface area (Å²) < 4.78 is 0. The number of H-pyrrole nitrogens is 1. The number of hydrogen-bond donors (Lipinski definition) is 1. The van der Waals surface area contributed by atoms with Gasteiger partial charge in [-0.1, -0.05) is 36.4 Å². The third kappa shape index (κ3) is 2.60. The van der Waals surface area contributed by atoms with Gasteiger partial charge >= 0.3 is 0 Å². The lowest BCUT2D eigenvalue weighted by molar-refractivity contribution is -0.119. The molecule has 1 unspecified atom stereocenters. The fraction of sp³-hybridized carbons (Fsp3) is 0.286. The molecule has 1 aromatic heterocycles. The number of nitrogens with one attached hydrogen (secondary N) is 1. The van der Waals surface area contributed by atoms with Crippen LogP contribution in [0.15, 0.2) is 54.7 Å². The van der Waals surface area contributed by atoms with E-state index >= 15 is 0 Å². The van der Waals surface area contributed by atoms with Crippen LogP contribution in [0.2, 0.25) is 0 Å². The zero-order valence-corrected chi connectivity index (χ0v) is 14.0. The van der Waals surface area contributed by atoms with E-state index in [-0.39, 0.29) is 11.9 Å². The lowest BCUT2D eigenvalue weighted by Crippen LogP contribution is -2.35. The Morgan fingerprint density at radius 3 is 2.88 bits per heavy atom. The highest BCUT2D eigenvalue weighted by molar-refractivity contribution is 5.96. The average molecular weight is 318 g/mol. The van der Waals surface area contributed by atoms with Crippen LogP contribution in [0, 0.1) is 0 Å². The number of carbonyl (C=O) groups is 1. The van der Waals surface area contributed by atoms with Crippen molar-refractivity contribution in [2.75, 3.05) is 4.90 Å². The van der Waals surface area contributed by atoms with Crippen LogP contribution in [0.5, 0.6) is 0 Å². The van der Waals surface area contributed by atoms with Gasteiger partial charge in [0.15, 0.2) is 0 Å². The van der Waals surface area contributed by atoms with Crippen LogP contribution in [0.25, 0.3) is 10.9 Å². The predicted molar refractivity (Wildman–Crippen MR) is 98.3 cm³/mol. The van der Waals surface area contributed by atoms with Gasteiger partial charge in [0.25, 0.3) is 0 Å². The van der Waals surface area contributed by atoms with E-state index in [1.54, 1.807) is 0 Å². The molecule has 0 saturated carbocycles. The van der Waals surface area contributed by atoms with Gasteiger partial charge in [-0.2, -0.15) is 0 Å². The molecule has 3 aromatic rings. The molecule has 0 saturated heterocycles. The first-order chi connectivity index (χ1) is 11.7. The molecule has 0 bridgehead atoms. The van der Waals surface area contributed by atoms with Gasteiger partial charge in [-0.3, -0.25) is 4.79 Å². The van der Waals surface area contributed by atoms with Gasteiger partial charge in [0.2, 0.25) is 5.91 Å². The number of hydrogen-bond acceptors (Lipinski definition) is 1. The maximum absolute atomic E-state index is 12.7. The molecule has 2 heterocycles. The van der Waals surface area contributed by atoms with Gasteiger partial charge in [-0.25, -0.2) is 0 Å². The fourth-order valence-corrected chi connectivity index (χ4v) is 3.83. The summed E-state index contributed by atoms with van der Waals surface area (Å²) in [6.45, 7) is 2.14. The molecule has 4 rings (SSSR count). The molecule has 1 amide bonds. The molecule has 1 N–H and O–H groups in total. The van der Waals surface area contributed by atoms with Gasteiger partial charge in [0, 0.05) is 35.2 Å². The van der Waals surface area contributed by atoms with Crippen molar-refractivity contribution in [1.82, 2.24) is 4.98 Å². The van der Waals surface area contributed by atoms with E-state index < -0.39 is 0 Å². The second kappa shape index (κ2) is 6.16. The lowest BCUT2D eigenvalue weighted by atomic mass is 10.1. The number of aryl methyl sites for hydroxylation is 1. The second-order valence-electron chi connectivity index (χ2n) is 6.66. The molecule has 0 spiro atoms. The van der Waals surface area contributed by atoms with E-state index in [4.69, 9.17) is 0 Å². The molecule has 0 fully saturated rings. The summed E-state index contributed by atoms with van der Waals surface area (Å²) in [7, 11) is 0. The number of amides is 1. The number of para-hydroxylation sites is 2. The Labute approximate surface area is 142 Å². The van der Waals surface area contributed by atoms with Crippen LogP contribution in [0.4, 0.5) is 5.69 Å². The van der Waals surface area contributed by atoms with Crippen molar-refractivity contribution in [3.05, 3.63) is 65.9 Å². The molecular formula is C21H22N2O. The molecule has 0 aliphatic carbocycles. The Morgan fingerprint density at radius 2 is 1.96 bits per heavy atom. The highest BCUT2D eigenvalue weighted by atomic mass is 16.2. The van der Waals surface area contributed by atoms with E-state index in [1.165, 1.54) is 22.0 Å². The SMILES string of the molecule is CC1Cc2ccccc2N1C(=O)CCCc1c[nH]c2ccccc12. The first-order valence-electron chi connectivity index (χ1n) is 8.69. The van der Waals surface area contributed by atoms with Gasteiger partial charge < -0.3 is 9.88 Å². The number of nitrogens with zero attached hydrogens (tertiary/aromatic N) is 1. The molecule has 0 radical (unpaired) electrons. The highest BCUT2D eigenvalue weighted by Gasteiger charge is 2.29. The normalized spacial score (nSPS) is 16.5. The zero-order valence-electron chi connectivity index (χ0n) is 14.0.